The average Bonchev–Trinajstić information content (AvgIpc) is 3.37. The number of anilines is 1. The van der Waals surface area contributed by atoms with E-state index in [9.17, 15) is 4.79 Å². The number of carbonyl (C=O) groups excluding carboxylic acids is 1. The van der Waals surface area contributed by atoms with E-state index in [2.05, 4.69) is 5.10 Å². The topological polar surface area (TPSA) is 69.5 Å². The molecule has 0 saturated carbocycles. The van der Waals surface area contributed by atoms with Crippen molar-refractivity contribution < 1.29 is 14.3 Å². The third-order valence-corrected chi connectivity index (χ3v) is 6.00. The molecule has 2 heterocycles. The summed E-state index contributed by atoms with van der Waals surface area (Å²) >= 11 is 1.47. The van der Waals surface area contributed by atoms with Crippen LogP contribution in [0, 0.1) is 6.92 Å². The maximum atomic E-state index is 13.6. The number of fused-ring (bicyclic) bond motifs is 1. The molecule has 0 aliphatic heterocycles. The largest absolute Gasteiger partial charge is 0.494 e. The number of methoxy groups -OCH3 is 2. The number of thiazole rings is 1. The van der Waals surface area contributed by atoms with Crippen molar-refractivity contribution in [1.82, 2.24) is 14.8 Å². The molecule has 2 aromatic heterocycles. The summed E-state index contributed by atoms with van der Waals surface area (Å²) in [5.74, 6) is 0.749. The molecule has 0 atom stereocenters. The van der Waals surface area contributed by atoms with Gasteiger partial charge in [0, 0.05) is 13.2 Å². The fraction of sp³-hybridized carbons (Fsp3) is 0.227. The van der Waals surface area contributed by atoms with E-state index in [1.165, 1.54) is 18.4 Å². The third-order valence-electron chi connectivity index (χ3n) is 4.79. The average molecular weight is 423 g/mol. The second kappa shape index (κ2) is 8.16. The highest BCUT2D eigenvalue weighted by Crippen LogP contribution is 2.37. The van der Waals surface area contributed by atoms with E-state index in [1.807, 2.05) is 49.4 Å². The second-order valence-electron chi connectivity index (χ2n) is 6.86. The Morgan fingerprint density at radius 1 is 1.13 bits per heavy atom. The van der Waals surface area contributed by atoms with Crippen molar-refractivity contribution in [3.63, 3.8) is 0 Å². The number of hydrogen-bond donors (Lipinski definition) is 0. The highest BCUT2D eigenvalue weighted by atomic mass is 32.1. The minimum Gasteiger partial charge on any atom is -0.494 e. The number of amides is 1. The Labute approximate surface area is 178 Å². The summed E-state index contributed by atoms with van der Waals surface area (Å²) in [6, 6.07) is 13.7. The minimum absolute atomic E-state index is 0.223. The van der Waals surface area contributed by atoms with Gasteiger partial charge in [-0.25, -0.2) is 4.98 Å². The molecule has 4 aromatic rings. The van der Waals surface area contributed by atoms with Crippen LogP contribution in [0.25, 0.3) is 10.2 Å². The summed E-state index contributed by atoms with van der Waals surface area (Å²) in [7, 11) is 4.88. The Kier molecular flexibility index (Phi) is 5.41. The Morgan fingerprint density at radius 3 is 2.60 bits per heavy atom. The van der Waals surface area contributed by atoms with Gasteiger partial charge in [0.15, 0.2) is 5.13 Å². The summed E-state index contributed by atoms with van der Waals surface area (Å²) < 4.78 is 13.4. The predicted molar refractivity (Wildman–Crippen MR) is 118 cm³/mol. The Hall–Kier alpha value is -3.39. The number of carbonyl (C=O) groups is 1. The van der Waals surface area contributed by atoms with E-state index in [-0.39, 0.29) is 11.8 Å². The number of hydrogen-bond acceptors (Lipinski definition) is 6. The van der Waals surface area contributed by atoms with Crippen molar-refractivity contribution in [1.29, 1.82) is 0 Å². The molecule has 154 valence electrons. The van der Waals surface area contributed by atoms with Gasteiger partial charge in [-0.05, 0) is 24.1 Å². The van der Waals surface area contributed by atoms with Gasteiger partial charge in [0.05, 0.1) is 25.5 Å². The Morgan fingerprint density at radius 2 is 1.90 bits per heavy atom. The van der Waals surface area contributed by atoms with E-state index >= 15 is 0 Å². The zero-order valence-electron chi connectivity index (χ0n) is 17.2. The molecule has 0 spiro atoms. The summed E-state index contributed by atoms with van der Waals surface area (Å²) in [6.45, 7) is 2.40. The van der Waals surface area contributed by atoms with Gasteiger partial charge in [-0.3, -0.25) is 14.4 Å². The molecule has 1 amide bonds. The fourth-order valence-electron chi connectivity index (χ4n) is 3.28. The van der Waals surface area contributed by atoms with Gasteiger partial charge >= 0.3 is 0 Å². The van der Waals surface area contributed by atoms with E-state index in [0.29, 0.717) is 23.0 Å². The Bertz CT molecular complexity index is 1200. The van der Waals surface area contributed by atoms with Crippen molar-refractivity contribution in [2.45, 2.75) is 13.5 Å². The molecule has 0 aliphatic rings. The van der Waals surface area contributed by atoms with Gasteiger partial charge in [-0.15, -0.1) is 5.10 Å². The smallest absolute Gasteiger partial charge is 0.267 e. The zero-order chi connectivity index (χ0) is 21.3. The zero-order valence-corrected chi connectivity index (χ0v) is 18.1. The lowest BCUT2D eigenvalue weighted by molar-refractivity contribution is 0.0982. The molecular weight excluding hydrogens is 400 g/mol. The van der Waals surface area contributed by atoms with Gasteiger partial charge in [-0.1, -0.05) is 47.7 Å². The van der Waals surface area contributed by atoms with Crippen LogP contribution in [0.2, 0.25) is 0 Å². The van der Waals surface area contributed by atoms with Crippen LogP contribution in [0.4, 0.5) is 5.13 Å². The van der Waals surface area contributed by atoms with Crippen molar-refractivity contribution in [3.8, 4) is 11.6 Å². The first-order chi connectivity index (χ1) is 14.5. The van der Waals surface area contributed by atoms with Gasteiger partial charge < -0.3 is 9.47 Å². The normalized spacial score (nSPS) is 10.9. The second-order valence-corrected chi connectivity index (χ2v) is 7.84. The molecule has 0 unspecified atom stereocenters. The van der Waals surface area contributed by atoms with Gasteiger partial charge in [-0.2, -0.15) is 0 Å². The van der Waals surface area contributed by atoms with Crippen molar-refractivity contribution in [3.05, 3.63) is 65.4 Å². The van der Waals surface area contributed by atoms with Crippen LogP contribution in [0.5, 0.6) is 11.6 Å². The van der Waals surface area contributed by atoms with E-state index in [0.717, 1.165) is 21.3 Å². The number of ether oxygens (including phenoxy) is 2. The van der Waals surface area contributed by atoms with Gasteiger partial charge in [0.25, 0.3) is 5.91 Å². The van der Waals surface area contributed by atoms with Crippen LogP contribution in [0.1, 0.15) is 21.5 Å². The number of aromatic nitrogens is 3. The molecule has 0 bridgehead atoms. The molecule has 7 nitrogen and oxygen atoms in total. The van der Waals surface area contributed by atoms with Crippen LogP contribution in [0.15, 0.2) is 48.7 Å². The number of benzene rings is 2. The summed E-state index contributed by atoms with van der Waals surface area (Å²) in [5, 5.41) is 4.82. The molecule has 8 heteroatoms. The highest BCUT2D eigenvalue weighted by Gasteiger charge is 2.27. The van der Waals surface area contributed by atoms with E-state index in [4.69, 9.17) is 14.5 Å². The molecule has 0 fully saturated rings. The van der Waals surface area contributed by atoms with E-state index < -0.39 is 0 Å². The van der Waals surface area contributed by atoms with Gasteiger partial charge in [0.1, 0.15) is 16.8 Å². The maximum absolute atomic E-state index is 13.6. The molecule has 0 aliphatic carbocycles. The summed E-state index contributed by atoms with van der Waals surface area (Å²) in [6.07, 6.45) is 1.66. The standard InChI is InChI=1S/C22H22N4O3S/c1-14-10-11-17(28-3)18-19(14)30-22(23-18)26(12-15-8-6-5-7-9-15)21(27)16-13-25(2)24-20(16)29-4/h5-11,13H,12H2,1-4H3. The van der Waals surface area contributed by atoms with Crippen molar-refractivity contribution >= 4 is 32.6 Å². The summed E-state index contributed by atoms with van der Waals surface area (Å²) in [4.78, 5) is 20.0. The lowest BCUT2D eigenvalue weighted by Crippen LogP contribution is -2.30. The summed E-state index contributed by atoms with van der Waals surface area (Å²) in [5.41, 5.74) is 3.22. The van der Waals surface area contributed by atoms with Crippen LogP contribution in [-0.2, 0) is 13.6 Å². The SMILES string of the molecule is COc1nn(C)cc1C(=O)N(Cc1ccccc1)c1nc2c(OC)ccc(C)c2s1. The first-order valence-corrected chi connectivity index (χ1v) is 10.2. The molecule has 30 heavy (non-hydrogen) atoms. The first kappa shape index (κ1) is 19.9. The van der Waals surface area contributed by atoms with E-state index in [1.54, 1.807) is 29.9 Å². The first-order valence-electron chi connectivity index (χ1n) is 9.39. The van der Waals surface area contributed by atoms with Gasteiger partial charge in [0.2, 0.25) is 5.88 Å². The van der Waals surface area contributed by atoms with Crippen molar-refractivity contribution in [2.75, 3.05) is 19.1 Å². The number of nitrogens with zero attached hydrogens (tertiary/aromatic N) is 4. The molecule has 0 saturated heterocycles. The predicted octanol–water partition coefficient (Wildman–Crippen LogP) is 4.20. The molecular formula is C22H22N4O3S. The quantitative estimate of drug-likeness (QED) is 0.466. The number of aryl methyl sites for hydroxylation is 2. The molecule has 0 N–H and O–H groups in total. The highest BCUT2D eigenvalue weighted by molar-refractivity contribution is 7.22. The van der Waals surface area contributed by atoms with Crippen molar-refractivity contribution in [2.24, 2.45) is 7.05 Å². The maximum Gasteiger partial charge on any atom is 0.267 e. The monoisotopic (exact) mass is 422 g/mol. The molecule has 2 aromatic carbocycles. The van der Waals surface area contributed by atoms with Crippen LogP contribution < -0.4 is 14.4 Å². The minimum atomic E-state index is -0.223. The molecule has 4 rings (SSSR count). The van der Waals surface area contributed by atoms with Crippen LogP contribution in [0.3, 0.4) is 0 Å². The Balaban J connectivity index is 1.84. The number of rotatable bonds is 6. The lowest BCUT2D eigenvalue weighted by Gasteiger charge is -2.19. The van der Waals surface area contributed by atoms with Crippen LogP contribution >= 0.6 is 11.3 Å². The third kappa shape index (κ3) is 3.61. The van der Waals surface area contributed by atoms with Crippen LogP contribution in [-0.4, -0.2) is 34.9 Å². The fourth-order valence-corrected chi connectivity index (χ4v) is 4.33. The lowest BCUT2D eigenvalue weighted by atomic mass is 10.2. The molecule has 0 radical (unpaired) electrons.